The molecule has 0 radical (unpaired) electrons. The smallest absolute Gasteiger partial charge is 0.276 e. The van der Waals surface area contributed by atoms with Crippen LogP contribution in [0.3, 0.4) is 0 Å². The Morgan fingerprint density at radius 2 is 2.18 bits per heavy atom. The summed E-state index contributed by atoms with van der Waals surface area (Å²) in [5, 5.41) is 7.42. The number of carbonyl (C=O) groups is 1. The van der Waals surface area contributed by atoms with Crippen molar-refractivity contribution < 1.29 is 4.79 Å². The first-order chi connectivity index (χ1) is 8.06. The van der Waals surface area contributed by atoms with Gasteiger partial charge in [-0.05, 0) is 31.2 Å². The SMILES string of the molecule is Cc1cc(C(=O)Nc2cccc(Cl)c2)nn1C. The second-order valence-electron chi connectivity index (χ2n) is 3.76. The summed E-state index contributed by atoms with van der Waals surface area (Å²) in [6.07, 6.45) is 0. The van der Waals surface area contributed by atoms with E-state index in [2.05, 4.69) is 10.4 Å². The number of hydrogen-bond acceptors (Lipinski definition) is 2. The third-order valence-corrected chi connectivity index (χ3v) is 2.66. The fraction of sp³-hybridized carbons (Fsp3) is 0.167. The first-order valence-corrected chi connectivity index (χ1v) is 5.51. The second-order valence-corrected chi connectivity index (χ2v) is 4.20. The lowest BCUT2D eigenvalue weighted by Gasteiger charge is -2.02. The summed E-state index contributed by atoms with van der Waals surface area (Å²) in [7, 11) is 1.80. The first-order valence-electron chi connectivity index (χ1n) is 5.14. The van der Waals surface area contributed by atoms with E-state index < -0.39 is 0 Å². The molecule has 0 aliphatic heterocycles. The normalized spacial score (nSPS) is 10.3. The number of nitrogens with zero attached hydrogens (tertiary/aromatic N) is 2. The summed E-state index contributed by atoms with van der Waals surface area (Å²) in [6, 6.07) is 8.73. The van der Waals surface area contributed by atoms with E-state index in [1.54, 1.807) is 42.1 Å². The molecule has 4 nitrogen and oxygen atoms in total. The van der Waals surface area contributed by atoms with E-state index in [1.165, 1.54) is 0 Å². The lowest BCUT2D eigenvalue weighted by atomic mass is 10.3. The highest BCUT2D eigenvalue weighted by Crippen LogP contribution is 2.15. The maximum atomic E-state index is 11.9. The molecule has 88 valence electrons. The molecule has 0 saturated carbocycles. The van der Waals surface area contributed by atoms with Gasteiger partial charge in [-0.15, -0.1) is 0 Å². The van der Waals surface area contributed by atoms with Crippen molar-refractivity contribution in [2.45, 2.75) is 6.92 Å². The fourth-order valence-electron chi connectivity index (χ4n) is 1.43. The largest absolute Gasteiger partial charge is 0.321 e. The van der Waals surface area contributed by atoms with Gasteiger partial charge in [-0.3, -0.25) is 9.48 Å². The van der Waals surface area contributed by atoms with Gasteiger partial charge >= 0.3 is 0 Å². The number of hydrogen-bond donors (Lipinski definition) is 1. The van der Waals surface area contributed by atoms with Crippen molar-refractivity contribution in [2.75, 3.05) is 5.32 Å². The zero-order chi connectivity index (χ0) is 12.4. The van der Waals surface area contributed by atoms with Crippen LogP contribution in [0.1, 0.15) is 16.2 Å². The summed E-state index contributed by atoms with van der Waals surface area (Å²) in [4.78, 5) is 11.9. The third kappa shape index (κ3) is 2.65. The number of rotatable bonds is 2. The van der Waals surface area contributed by atoms with Gasteiger partial charge in [0.25, 0.3) is 5.91 Å². The molecule has 2 aromatic rings. The molecule has 0 saturated heterocycles. The van der Waals surface area contributed by atoms with Gasteiger partial charge in [-0.2, -0.15) is 5.10 Å². The Morgan fingerprint density at radius 3 is 2.76 bits per heavy atom. The van der Waals surface area contributed by atoms with Crippen LogP contribution in [0.5, 0.6) is 0 Å². The minimum Gasteiger partial charge on any atom is -0.321 e. The molecule has 0 bridgehead atoms. The molecule has 0 fully saturated rings. The Hall–Kier alpha value is -1.81. The zero-order valence-corrected chi connectivity index (χ0v) is 10.3. The lowest BCUT2D eigenvalue weighted by molar-refractivity contribution is 0.102. The highest BCUT2D eigenvalue weighted by Gasteiger charge is 2.10. The number of aryl methyl sites for hydroxylation is 2. The Balaban J connectivity index is 2.17. The molecule has 0 aliphatic rings. The molecule has 0 unspecified atom stereocenters. The van der Waals surface area contributed by atoms with Crippen LogP contribution >= 0.6 is 11.6 Å². The third-order valence-electron chi connectivity index (χ3n) is 2.43. The predicted molar refractivity (Wildman–Crippen MR) is 67.4 cm³/mol. The molecule has 1 amide bonds. The lowest BCUT2D eigenvalue weighted by Crippen LogP contribution is -2.12. The fourth-order valence-corrected chi connectivity index (χ4v) is 1.62. The molecule has 0 atom stereocenters. The number of benzene rings is 1. The van der Waals surface area contributed by atoms with Crippen LogP contribution in [0.4, 0.5) is 5.69 Å². The Morgan fingerprint density at radius 1 is 1.41 bits per heavy atom. The summed E-state index contributed by atoms with van der Waals surface area (Å²) >= 11 is 5.83. The quantitative estimate of drug-likeness (QED) is 0.889. The predicted octanol–water partition coefficient (Wildman–Crippen LogP) is 2.63. The van der Waals surface area contributed by atoms with Crippen LogP contribution in [0.25, 0.3) is 0 Å². The van der Waals surface area contributed by atoms with Crippen LogP contribution in [0, 0.1) is 6.92 Å². The standard InChI is InChI=1S/C12H12ClN3O/c1-8-6-11(15-16(8)2)12(17)14-10-5-3-4-9(13)7-10/h3-7H,1-2H3,(H,14,17). The van der Waals surface area contributed by atoms with Crippen LogP contribution < -0.4 is 5.32 Å². The monoisotopic (exact) mass is 249 g/mol. The van der Waals surface area contributed by atoms with E-state index in [-0.39, 0.29) is 5.91 Å². The summed E-state index contributed by atoms with van der Waals surface area (Å²) in [5.74, 6) is -0.240. The maximum absolute atomic E-state index is 11.9. The topological polar surface area (TPSA) is 46.9 Å². The molecule has 5 heteroatoms. The number of carbonyl (C=O) groups excluding carboxylic acids is 1. The van der Waals surface area contributed by atoms with E-state index in [9.17, 15) is 4.79 Å². The number of aromatic nitrogens is 2. The van der Waals surface area contributed by atoms with E-state index in [4.69, 9.17) is 11.6 Å². The molecule has 0 aliphatic carbocycles. The number of amides is 1. The van der Waals surface area contributed by atoms with Crippen molar-refractivity contribution in [3.63, 3.8) is 0 Å². The minimum absolute atomic E-state index is 0.240. The molecular weight excluding hydrogens is 238 g/mol. The van der Waals surface area contributed by atoms with Crippen LogP contribution in [-0.2, 0) is 7.05 Å². The van der Waals surface area contributed by atoms with Gasteiger partial charge in [0.15, 0.2) is 5.69 Å². The van der Waals surface area contributed by atoms with Crippen molar-refractivity contribution in [3.05, 3.63) is 46.7 Å². The van der Waals surface area contributed by atoms with Gasteiger partial charge in [-0.25, -0.2) is 0 Å². The second kappa shape index (κ2) is 4.59. The van der Waals surface area contributed by atoms with Crippen molar-refractivity contribution in [2.24, 2.45) is 7.05 Å². The average molecular weight is 250 g/mol. The molecule has 1 heterocycles. The molecule has 1 N–H and O–H groups in total. The van der Waals surface area contributed by atoms with Gasteiger partial charge in [0.1, 0.15) is 0 Å². The van der Waals surface area contributed by atoms with E-state index >= 15 is 0 Å². The van der Waals surface area contributed by atoms with Crippen LogP contribution in [0.2, 0.25) is 5.02 Å². The number of halogens is 1. The number of nitrogens with one attached hydrogen (secondary N) is 1. The Labute approximate surface area is 104 Å². The number of anilines is 1. The summed E-state index contributed by atoms with van der Waals surface area (Å²) < 4.78 is 1.66. The summed E-state index contributed by atoms with van der Waals surface area (Å²) in [6.45, 7) is 1.89. The van der Waals surface area contributed by atoms with Crippen molar-refractivity contribution in [3.8, 4) is 0 Å². The minimum atomic E-state index is -0.240. The zero-order valence-electron chi connectivity index (χ0n) is 9.57. The van der Waals surface area contributed by atoms with Gasteiger partial charge in [0.2, 0.25) is 0 Å². The van der Waals surface area contributed by atoms with Crippen molar-refractivity contribution in [1.29, 1.82) is 0 Å². The Kier molecular flexibility index (Phi) is 3.15. The van der Waals surface area contributed by atoms with Gasteiger partial charge in [-0.1, -0.05) is 17.7 Å². The van der Waals surface area contributed by atoms with Crippen molar-refractivity contribution in [1.82, 2.24) is 9.78 Å². The first kappa shape index (κ1) is 11.7. The molecule has 1 aromatic carbocycles. The highest BCUT2D eigenvalue weighted by molar-refractivity contribution is 6.30. The summed E-state index contributed by atoms with van der Waals surface area (Å²) in [5.41, 5.74) is 1.98. The molecular formula is C12H12ClN3O. The van der Waals surface area contributed by atoms with Gasteiger partial charge in [0, 0.05) is 23.5 Å². The molecule has 1 aromatic heterocycles. The van der Waals surface area contributed by atoms with Gasteiger partial charge < -0.3 is 5.32 Å². The van der Waals surface area contributed by atoms with E-state index in [0.29, 0.717) is 16.4 Å². The molecule has 2 rings (SSSR count). The molecule has 17 heavy (non-hydrogen) atoms. The van der Waals surface area contributed by atoms with Crippen LogP contribution in [0.15, 0.2) is 30.3 Å². The highest BCUT2D eigenvalue weighted by atomic mass is 35.5. The maximum Gasteiger partial charge on any atom is 0.276 e. The molecule has 0 spiro atoms. The Bertz CT molecular complexity index is 543. The van der Waals surface area contributed by atoms with E-state index in [0.717, 1.165) is 5.69 Å². The van der Waals surface area contributed by atoms with E-state index in [1.807, 2.05) is 6.92 Å². The van der Waals surface area contributed by atoms with Crippen molar-refractivity contribution >= 4 is 23.2 Å². The average Bonchev–Trinajstić information content (AvgIpc) is 2.59. The van der Waals surface area contributed by atoms with Crippen LogP contribution in [-0.4, -0.2) is 15.7 Å². The van der Waals surface area contributed by atoms with Gasteiger partial charge in [0.05, 0.1) is 0 Å².